The van der Waals surface area contributed by atoms with Gasteiger partial charge in [-0.1, -0.05) is 44.2 Å². The fraction of sp³-hybridized carbons (Fsp3) is 0.438. The summed E-state index contributed by atoms with van der Waals surface area (Å²) in [6.07, 6.45) is 1.78. The van der Waals surface area contributed by atoms with E-state index in [2.05, 4.69) is 48.5 Å². The second-order valence-corrected chi connectivity index (χ2v) is 4.96. The fourth-order valence-corrected chi connectivity index (χ4v) is 2.62. The van der Waals surface area contributed by atoms with Gasteiger partial charge in [-0.3, -0.25) is 4.68 Å². The lowest BCUT2D eigenvalue weighted by Gasteiger charge is -2.26. The van der Waals surface area contributed by atoms with Crippen LogP contribution >= 0.6 is 0 Å². The first-order chi connectivity index (χ1) is 9.69. The van der Waals surface area contributed by atoms with Crippen LogP contribution in [0.1, 0.15) is 37.1 Å². The predicted molar refractivity (Wildman–Crippen MR) is 81.0 cm³/mol. The summed E-state index contributed by atoms with van der Waals surface area (Å²) in [6.45, 7) is 5.25. The van der Waals surface area contributed by atoms with Gasteiger partial charge in [0.25, 0.3) is 0 Å². The Morgan fingerprint density at radius 1 is 1.30 bits per heavy atom. The molecule has 0 spiro atoms. The van der Waals surface area contributed by atoms with Crippen LogP contribution in [0.3, 0.4) is 0 Å². The average molecular weight is 273 g/mol. The van der Waals surface area contributed by atoms with Crippen LogP contribution in [0.2, 0.25) is 0 Å². The molecule has 0 fully saturated rings. The topological polar surface area (TPSA) is 39.1 Å². The molecule has 0 saturated carbocycles. The van der Waals surface area contributed by atoms with Crippen molar-refractivity contribution in [2.75, 3.05) is 13.7 Å². The molecule has 0 amide bonds. The molecule has 2 atom stereocenters. The van der Waals surface area contributed by atoms with Gasteiger partial charge in [0.1, 0.15) is 0 Å². The van der Waals surface area contributed by atoms with Gasteiger partial charge < -0.3 is 10.1 Å². The Morgan fingerprint density at radius 2 is 2.00 bits per heavy atom. The third kappa shape index (κ3) is 2.85. The minimum absolute atomic E-state index is 0.171. The molecule has 0 aliphatic carbocycles. The Kier molecular flexibility index (Phi) is 4.79. The molecule has 1 heterocycles. The largest absolute Gasteiger partial charge is 0.493 e. The molecule has 0 bridgehead atoms. The molecule has 2 rings (SSSR count). The van der Waals surface area contributed by atoms with Crippen molar-refractivity contribution in [1.29, 1.82) is 0 Å². The molecular formula is C16H23N3O. The second kappa shape index (κ2) is 6.57. The first-order valence-corrected chi connectivity index (χ1v) is 7.03. The second-order valence-electron chi connectivity index (χ2n) is 4.96. The van der Waals surface area contributed by atoms with Crippen molar-refractivity contribution >= 4 is 0 Å². The zero-order valence-electron chi connectivity index (χ0n) is 12.6. The van der Waals surface area contributed by atoms with E-state index < -0.39 is 0 Å². The molecule has 0 radical (unpaired) electrons. The Bertz CT molecular complexity index is 536. The highest BCUT2D eigenvalue weighted by Gasteiger charge is 2.26. The van der Waals surface area contributed by atoms with Gasteiger partial charge in [-0.2, -0.15) is 5.10 Å². The van der Waals surface area contributed by atoms with Crippen molar-refractivity contribution in [1.82, 2.24) is 15.1 Å². The van der Waals surface area contributed by atoms with E-state index >= 15 is 0 Å². The van der Waals surface area contributed by atoms with Crippen LogP contribution in [0.25, 0.3) is 0 Å². The molecule has 20 heavy (non-hydrogen) atoms. The standard InChI is InChI=1S/C16H23N3O/c1-5-17-15(12(2)13-9-7-6-8-10-13)16-14(20-4)11-18-19(16)3/h6-12,15,17H,5H2,1-4H3. The van der Waals surface area contributed by atoms with Crippen LogP contribution in [0, 0.1) is 0 Å². The number of nitrogens with one attached hydrogen (secondary N) is 1. The zero-order valence-corrected chi connectivity index (χ0v) is 12.6. The molecule has 4 heteroatoms. The van der Waals surface area contributed by atoms with E-state index in [1.54, 1.807) is 13.3 Å². The number of benzene rings is 1. The predicted octanol–water partition coefficient (Wildman–Crippen LogP) is 2.88. The van der Waals surface area contributed by atoms with E-state index in [0.29, 0.717) is 5.92 Å². The summed E-state index contributed by atoms with van der Waals surface area (Å²) in [5.74, 6) is 1.17. The maximum absolute atomic E-state index is 5.46. The summed E-state index contributed by atoms with van der Waals surface area (Å²) < 4.78 is 7.35. The maximum atomic E-state index is 5.46. The van der Waals surface area contributed by atoms with Crippen LogP contribution in [0.4, 0.5) is 0 Å². The van der Waals surface area contributed by atoms with Crippen molar-refractivity contribution < 1.29 is 4.74 Å². The van der Waals surface area contributed by atoms with Gasteiger partial charge in [0, 0.05) is 13.0 Å². The summed E-state index contributed by atoms with van der Waals surface area (Å²) in [6, 6.07) is 10.7. The summed E-state index contributed by atoms with van der Waals surface area (Å²) in [5.41, 5.74) is 2.40. The molecule has 108 valence electrons. The van der Waals surface area contributed by atoms with Gasteiger partial charge >= 0.3 is 0 Å². The number of hydrogen-bond donors (Lipinski definition) is 1. The van der Waals surface area contributed by atoms with Crippen molar-refractivity contribution in [3.8, 4) is 5.75 Å². The van der Waals surface area contributed by atoms with Crippen molar-refractivity contribution in [2.45, 2.75) is 25.8 Å². The van der Waals surface area contributed by atoms with Gasteiger partial charge in [0.05, 0.1) is 25.0 Å². The smallest absolute Gasteiger partial charge is 0.161 e. The van der Waals surface area contributed by atoms with Crippen molar-refractivity contribution in [3.05, 3.63) is 47.8 Å². The van der Waals surface area contributed by atoms with E-state index in [1.165, 1.54) is 5.56 Å². The third-order valence-corrected chi connectivity index (χ3v) is 3.71. The summed E-state index contributed by atoms with van der Waals surface area (Å²) in [4.78, 5) is 0. The lowest BCUT2D eigenvalue weighted by molar-refractivity contribution is 0.382. The third-order valence-electron chi connectivity index (χ3n) is 3.71. The molecular weight excluding hydrogens is 250 g/mol. The Hall–Kier alpha value is -1.81. The van der Waals surface area contributed by atoms with Gasteiger partial charge in [0.2, 0.25) is 0 Å². The normalized spacial score (nSPS) is 14.0. The Morgan fingerprint density at radius 3 is 2.60 bits per heavy atom. The number of aryl methyl sites for hydroxylation is 1. The number of methoxy groups -OCH3 is 1. The number of likely N-dealkylation sites (N-methyl/N-ethyl adjacent to an activating group) is 1. The number of hydrogen-bond acceptors (Lipinski definition) is 3. The molecule has 0 aliphatic rings. The summed E-state index contributed by atoms with van der Waals surface area (Å²) in [7, 11) is 3.65. The Labute approximate surface area is 120 Å². The maximum Gasteiger partial charge on any atom is 0.161 e. The minimum atomic E-state index is 0.171. The lowest BCUT2D eigenvalue weighted by atomic mass is 9.91. The van der Waals surface area contributed by atoms with E-state index in [-0.39, 0.29) is 6.04 Å². The quantitative estimate of drug-likeness (QED) is 0.879. The molecule has 1 aromatic carbocycles. The molecule has 0 aliphatic heterocycles. The monoisotopic (exact) mass is 273 g/mol. The van der Waals surface area contributed by atoms with Crippen molar-refractivity contribution in [2.24, 2.45) is 7.05 Å². The molecule has 2 aromatic rings. The first-order valence-electron chi connectivity index (χ1n) is 7.03. The molecule has 0 saturated heterocycles. The highest BCUT2D eigenvalue weighted by molar-refractivity contribution is 5.32. The Balaban J connectivity index is 2.38. The lowest BCUT2D eigenvalue weighted by Crippen LogP contribution is -2.28. The van der Waals surface area contributed by atoms with Gasteiger partial charge in [0.15, 0.2) is 5.75 Å². The van der Waals surface area contributed by atoms with Crippen LogP contribution < -0.4 is 10.1 Å². The number of nitrogens with zero attached hydrogens (tertiary/aromatic N) is 2. The van der Waals surface area contributed by atoms with E-state index in [1.807, 2.05) is 17.8 Å². The highest BCUT2D eigenvalue weighted by atomic mass is 16.5. The van der Waals surface area contributed by atoms with Crippen LogP contribution in [0.15, 0.2) is 36.5 Å². The average Bonchev–Trinajstić information content (AvgIpc) is 2.86. The molecule has 2 unspecified atom stereocenters. The molecule has 4 nitrogen and oxygen atoms in total. The zero-order chi connectivity index (χ0) is 14.5. The van der Waals surface area contributed by atoms with Gasteiger partial charge in [-0.25, -0.2) is 0 Å². The number of ether oxygens (including phenoxy) is 1. The molecule has 1 N–H and O–H groups in total. The van der Waals surface area contributed by atoms with Crippen molar-refractivity contribution in [3.63, 3.8) is 0 Å². The van der Waals surface area contributed by atoms with E-state index in [4.69, 9.17) is 4.74 Å². The summed E-state index contributed by atoms with van der Waals surface area (Å²) >= 11 is 0. The van der Waals surface area contributed by atoms with E-state index in [0.717, 1.165) is 18.0 Å². The highest BCUT2D eigenvalue weighted by Crippen LogP contribution is 2.34. The summed E-state index contributed by atoms with van der Waals surface area (Å²) in [5, 5.41) is 7.88. The number of rotatable bonds is 6. The fourth-order valence-electron chi connectivity index (χ4n) is 2.62. The van der Waals surface area contributed by atoms with Crippen LogP contribution in [0.5, 0.6) is 5.75 Å². The molecule has 1 aromatic heterocycles. The first kappa shape index (κ1) is 14.6. The van der Waals surface area contributed by atoms with Gasteiger partial charge in [-0.05, 0) is 12.1 Å². The van der Waals surface area contributed by atoms with Crippen LogP contribution in [-0.4, -0.2) is 23.4 Å². The van der Waals surface area contributed by atoms with E-state index in [9.17, 15) is 0 Å². The van der Waals surface area contributed by atoms with Gasteiger partial charge in [-0.15, -0.1) is 0 Å². The SMILES string of the molecule is CCNC(c1c(OC)cnn1C)C(C)c1ccccc1. The number of aromatic nitrogens is 2. The van der Waals surface area contributed by atoms with Crippen LogP contribution in [-0.2, 0) is 7.05 Å². The minimum Gasteiger partial charge on any atom is -0.493 e.